The molecule has 5 heteroatoms. The van der Waals surface area contributed by atoms with Crippen LogP contribution >= 0.6 is 27.5 Å². The van der Waals surface area contributed by atoms with Gasteiger partial charge in [0.1, 0.15) is 12.4 Å². The Kier molecular flexibility index (Phi) is 5.83. The summed E-state index contributed by atoms with van der Waals surface area (Å²) in [6.45, 7) is 4.26. The van der Waals surface area contributed by atoms with Gasteiger partial charge in [-0.2, -0.15) is 0 Å². The van der Waals surface area contributed by atoms with E-state index in [0.29, 0.717) is 11.6 Å². The molecule has 0 aliphatic rings. The summed E-state index contributed by atoms with van der Waals surface area (Å²) < 4.78 is 6.86. The van der Waals surface area contributed by atoms with Gasteiger partial charge in [0.05, 0.1) is 5.02 Å². The van der Waals surface area contributed by atoms with E-state index in [1.165, 1.54) is 5.56 Å². The second kappa shape index (κ2) is 7.62. The van der Waals surface area contributed by atoms with E-state index in [2.05, 4.69) is 33.2 Å². The lowest BCUT2D eigenvalue weighted by Crippen LogP contribution is -2.12. The van der Waals surface area contributed by atoms with Gasteiger partial charge in [0.2, 0.25) is 0 Å². The number of rotatable bonds is 6. The van der Waals surface area contributed by atoms with Crippen LogP contribution in [0.3, 0.4) is 0 Å². The molecule has 0 radical (unpaired) electrons. The number of pyridine rings is 1. The number of nitrogens with zero attached hydrogens (tertiary/aromatic N) is 1. The normalized spacial score (nSPS) is 10.6. The molecule has 1 aromatic carbocycles. The second-order valence-corrected chi connectivity index (χ2v) is 5.55. The third kappa shape index (κ3) is 4.20. The van der Waals surface area contributed by atoms with Gasteiger partial charge >= 0.3 is 0 Å². The predicted molar refractivity (Wildman–Crippen MR) is 85.1 cm³/mol. The van der Waals surface area contributed by atoms with Gasteiger partial charge in [0.25, 0.3) is 0 Å². The first-order chi connectivity index (χ1) is 9.70. The summed E-state index contributed by atoms with van der Waals surface area (Å²) >= 11 is 9.60. The van der Waals surface area contributed by atoms with E-state index in [4.69, 9.17) is 16.3 Å². The Morgan fingerprint density at radius 1 is 1.30 bits per heavy atom. The molecule has 0 unspecified atom stereocenters. The molecule has 106 valence electrons. The molecular formula is C15H16BrClN2O. The standard InChI is InChI=1S/C15H16BrClN2O/c1-2-18-8-12-7-13(3-4-14(12)16)20-10-11-5-6-19-9-15(11)17/h3-7,9,18H,2,8,10H2,1H3. The highest BCUT2D eigenvalue weighted by molar-refractivity contribution is 9.10. The lowest BCUT2D eigenvalue weighted by molar-refractivity contribution is 0.305. The topological polar surface area (TPSA) is 34.1 Å². The van der Waals surface area contributed by atoms with E-state index in [0.717, 1.165) is 28.9 Å². The Morgan fingerprint density at radius 2 is 2.15 bits per heavy atom. The smallest absolute Gasteiger partial charge is 0.120 e. The Labute approximate surface area is 132 Å². The number of ether oxygens (including phenoxy) is 1. The maximum atomic E-state index is 6.06. The summed E-state index contributed by atoms with van der Waals surface area (Å²) in [4.78, 5) is 3.96. The summed E-state index contributed by atoms with van der Waals surface area (Å²) in [5.74, 6) is 0.828. The molecular weight excluding hydrogens is 340 g/mol. The fourth-order valence-electron chi connectivity index (χ4n) is 1.72. The molecule has 0 aliphatic carbocycles. The molecule has 0 amide bonds. The Hall–Kier alpha value is -1.10. The van der Waals surface area contributed by atoms with Crippen molar-refractivity contribution >= 4 is 27.5 Å². The van der Waals surface area contributed by atoms with E-state index in [9.17, 15) is 0 Å². The van der Waals surface area contributed by atoms with Crippen molar-refractivity contribution in [3.05, 3.63) is 57.3 Å². The van der Waals surface area contributed by atoms with Gasteiger partial charge in [-0.3, -0.25) is 4.98 Å². The van der Waals surface area contributed by atoms with Gasteiger partial charge in [-0.05, 0) is 36.4 Å². The lowest BCUT2D eigenvalue weighted by Gasteiger charge is -2.11. The van der Waals surface area contributed by atoms with Crippen molar-refractivity contribution in [2.24, 2.45) is 0 Å². The molecule has 20 heavy (non-hydrogen) atoms. The summed E-state index contributed by atoms with van der Waals surface area (Å²) in [5, 5.41) is 3.92. The van der Waals surface area contributed by atoms with Crippen LogP contribution in [0, 0.1) is 0 Å². The Balaban J connectivity index is 2.04. The fourth-order valence-corrected chi connectivity index (χ4v) is 2.28. The van der Waals surface area contributed by atoms with Crippen LogP contribution in [-0.2, 0) is 13.2 Å². The maximum absolute atomic E-state index is 6.06. The Morgan fingerprint density at radius 3 is 2.90 bits per heavy atom. The maximum Gasteiger partial charge on any atom is 0.120 e. The van der Waals surface area contributed by atoms with Crippen molar-refractivity contribution in [1.82, 2.24) is 10.3 Å². The lowest BCUT2D eigenvalue weighted by atomic mass is 10.2. The minimum absolute atomic E-state index is 0.434. The minimum atomic E-state index is 0.434. The largest absolute Gasteiger partial charge is 0.489 e. The zero-order chi connectivity index (χ0) is 14.4. The summed E-state index contributed by atoms with van der Waals surface area (Å²) in [5.41, 5.74) is 2.10. The van der Waals surface area contributed by atoms with Crippen molar-refractivity contribution in [2.75, 3.05) is 6.54 Å². The predicted octanol–water partition coefficient (Wildman–Crippen LogP) is 4.19. The van der Waals surface area contributed by atoms with Crippen LogP contribution in [-0.4, -0.2) is 11.5 Å². The van der Waals surface area contributed by atoms with Crippen molar-refractivity contribution in [2.45, 2.75) is 20.1 Å². The molecule has 0 bridgehead atoms. The molecule has 1 N–H and O–H groups in total. The highest BCUT2D eigenvalue weighted by Crippen LogP contribution is 2.24. The molecule has 0 fully saturated rings. The molecule has 0 aliphatic heterocycles. The number of hydrogen-bond acceptors (Lipinski definition) is 3. The van der Waals surface area contributed by atoms with Crippen LogP contribution in [0.1, 0.15) is 18.1 Å². The number of halogens is 2. The third-order valence-corrected chi connectivity index (χ3v) is 3.95. The van der Waals surface area contributed by atoms with Gasteiger partial charge in [0, 0.05) is 29.0 Å². The van der Waals surface area contributed by atoms with E-state index in [1.54, 1.807) is 12.4 Å². The van der Waals surface area contributed by atoms with Crippen LogP contribution in [0.15, 0.2) is 41.1 Å². The van der Waals surface area contributed by atoms with E-state index in [-0.39, 0.29) is 0 Å². The van der Waals surface area contributed by atoms with Crippen LogP contribution in [0.5, 0.6) is 5.75 Å². The van der Waals surface area contributed by atoms with Gasteiger partial charge < -0.3 is 10.1 Å². The quantitative estimate of drug-likeness (QED) is 0.844. The minimum Gasteiger partial charge on any atom is -0.489 e. The molecule has 0 spiro atoms. The first-order valence-corrected chi connectivity index (χ1v) is 7.58. The average molecular weight is 356 g/mol. The van der Waals surface area contributed by atoms with Crippen LogP contribution in [0.2, 0.25) is 5.02 Å². The summed E-state index contributed by atoms with van der Waals surface area (Å²) in [6, 6.07) is 7.83. The van der Waals surface area contributed by atoms with Crippen molar-refractivity contribution in [1.29, 1.82) is 0 Å². The number of nitrogens with one attached hydrogen (secondary N) is 1. The molecule has 0 saturated heterocycles. The molecule has 0 atom stereocenters. The molecule has 2 aromatic rings. The van der Waals surface area contributed by atoms with Crippen LogP contribution < -0.4 is 10.1 Å². The summed E-state index contributed by atoms with van der Waals surface area (Å²) in [6.07, 6.45) is 3.33. The van der Waals surface area contributed by atoms with E-state index in [1.807, 2.05) is 24.3 Å². The number of benzene rings is 1. The van der Waals surface area contributed by atoms with Gasteiger partial charge in [-0.1, -0.05) is 34.5 Å². The van der Waals surface area contributed by atoms with Gasteiger partial charge in [0.15, 0.2) is 0 Å². The highest BCUT2D eigenvalue weighted by atomic mass is 79.9. The molecule has 3 nitrogen and oxygen atoms in total. The van der Waals surface area contributed by atoms with Gasteiger partial charge in [-0.15, -0.1) is 0 Å². The third-order valence-electron chi connectivity index (χ3n) is 2.83. The second-order valence-electron chi connectivity index (χ2n) is 4.29. The van der Waals surface area contributed by atoms with Crippen LogP contribution in [0.4, 0.5) is 0 Å². The SMILES string of the molecule is CCNCc1cc(OCc2ccncc2Cl)ccc1Br. The molecule has 1 aromatic heterocycles. The fraction of sp³-hybridized carbons (Fsp3) is 0.267. The Bertz CT molecular complexity index is 578. The summed E-state index contributed by atoms with van der Waals surface area (Å²) in [7, 11) is 0. The van der Waals surface area contributed by atoms with Gasteiger partial charge in [-0.25, -0.2) is 0 Å². The van der Waals surface area contributed by atoms with Crippen LogP contribution in [0.25, 0.3) is 0 Å². The molecule has 0 saturated carbocycles. The zero-order valence-corrected chi connectivity index (χ0v) is 13.5. The first kappa shape index (κ1) is 15.3. The zero-order valence-electron chi connectivity index (χ0n) is 11.2. The number of hydrogen-bond donors (Lipinski definition) is 1. The average Bonchev–Trinajstić information content (AvgIpc) is 2.46. The molecule has 2 rings (SSSR count). The van der Waals surface area contributed by atoms with E-state index >= 15 is 0 Å². The highest BCUT2D eigenvalue weighted by Gasteiger charge is 2.04. The number of aromatic nitrogens is 1. The van der Waals surface area contributed by atoms with Crippen molar-refractivity contribution < 1.29 is 4.74 Å². The first-order valence-electron chi connectivity index (χ1n) is 6.41. The monoisotopic (exact) mass is 354 g/mol. The van der Waals surface area contributed by atoms with Crippen molar-refractivity contribution in [3.63, 3.8) is 0 Å². The van der Waals surface area contributed by atoms with E-state index < -0.39 is 0 Å². The molecule has 1 heterocycles. The van der Waals surface area contributed by atoms with Crippen molar-refractivity contribution in [3.8, 4) is 5.75 Å².